The normalized spacial score (nSPS) is 21.2. The molecule has 2 aliphatic rings. The highest BCUT2D eigenvalue weighted by atomic mass is 32.2. The standard InChI is InChI=1S/C40H39F3N6O6S/c1-24-34(23-56-39-45-46-47-49(39)31-14-16-32(51)17-15-31)54-37(55-35(24)27-12-10-25(22-50)11-13-27)30-8-3-7-29(20-30)28-6-2-5-26(19-28)21-44-36(52)33-9-4-18-48(33)38(53)40(41,42)43/h2-3,5-8,10-17,19-20,24,33-35,37,50-51H,4,9,18,21-23H2,1H3,(H,44,52). The van der Waals surface area contributed by atoms with Gasteiger partial charge in [0.15, 0.2) is 6.29 Å². The zero-order valence-corrected chi connectivity index (χ0v) is 31.0. The third-order valence-electron chi connectivity index (χ3n) is 9.98. The number of hydrogen-bond acceptors (Lipinski definition) is 10. The number of benzene rings is 4. The maximum absolute atomic E-state index is 13.1. The van der Waals surface area contributed by atoms with Gasteiger partial charge in [0.05, 0.1) is 24.5 Å². The smallest absolute Gasteiger partial charge is 0.471 e. The van der Waals surface area contributed by atoms with Gasteiger partial charge in [0.1, 0.15) is 11.8 Å². The molecule has 16 heteroatoms. The Bertz CT molecular complexity index is 2150. The number of phenols is 1. The molecule has 12 nitrogen and oxygen atoms in total. The second-order valence-corrected chi connectivity index (χ2v) is 14.7. The molecule has 5 aromatic rings. The van der Waals surface area contributed by atoms with Crippen molar-refractivity contribution in [2.24, 2.45) is 5.92 Å². The summed E-state index contributed by atoms with van der Waals surface area (Å²) in [5.41, 5.74) is 5.59. The van der Waals surface area contributed by atoms with Gasteiger partial charge in [-0.15, -0.1) is 5.10 Å². The molecule has 2 saturated heterocycles. The Hall–Kier alpha value is -5.29. The number of amides is 2. The van der Waals surface area contributed by atoms with Gasteiger partial charge in [-0.3, -0.25) is 9.59 Å². The first-order valence-corrected chi connectivity index (χ1v) is 19.0. The molecule has 292 valence electrons. The predicted octanol–water partition coefficient (Wildman–Crippen LogP) is 6.28. The molecule has 0 spiro atoms. The average molecular weight is 789 g/mol. The fourth-order valence-electron chi connectivity index (χ4n) is 6.97. The van der Waals surface area contributed by atoms with Crippen molar-refractivity contribution >= 4 is 23.6 Å². The Kier molecular flexibility index (Phi) is 11.7. The topological polar surface area (TPSA) is 152 Å². The summed E-state index contributed by atoms with van der Waals surface area (Å²) in [6.07, 6.45) is -6.00. The zero-order chi connectivity index (χ0) is 39.4. The lowest BCUT2D eigenvalue weighted by atomic mass is 9.91. The minimum absolute atomic E-state index is 0.0652. The van der Waals surface area contributed by atoms with Crippen LogP contribution in [-0.4, -0.2) is 77.8 Å². The number of hydrogen-bond donors (Lipinski definition) is 3. The number of aromatic hydroxyl groups is 1. The van der Waals surface area contributed by atoms with Crippen molar-refractivity contribution in [3.8, 4) is 22.6 Å². The SMILES string of the molecule is CC1C(CSc2nnnn2-c2ccc(O)cc2)OC(c2cccc(-c3cccc(CNC(=O)C4CCCN4C(=O)C(F)(F)F)c3)c2)OC1c1ccc(CO)cc1. The molecule has 5 atom stereocenters. The van der Waals surface area contributed by atoms with Gasteiger partial charge in [0, 0.05) is 30.3 Å². The monoisotopic (exact) mass is 788 g/mol. The summed E-state index contributed by atoms with van der Waals surface area (Å²) in [5, 5.41) is 34.9. The second kappa shape index (κ2) is 16.8. The number of ether oxygens (including phenoxy) is 2. The van der Waals surface area contributed by atoms with Gasteiger partial charge in [-0.05, 0) is 87.5 Å². The lowest BCUT2D eigenvalue weighted by Crippen LogP contribution is -2.50. The molecule has 0 radical (unpaired) electrons. The summed E-state index contributed by atoms with van der Waals surface area (Å²) in [6, 6.07) is 28.2. The number of aromatic nitrogens is 4. The van der Waals surface area contributed by atoms with E-state index >= 15 is 0 Å². The fourth-order valence-corrected chi connectivity index (χ4v) is 8.02. The van der Waals surface area contributed by atoms with Crippen LogP contribution in [0, 0.1) is 5.92 Å². The summed E-state index contributed by atoms with van der Waals surface area (Å²) in [5.74, 6) is -2.11. The largest absolute Gasteiger partial charge is 0.508 e. The first kappa shape index (κ1) is 39.0. The molecule has 4 aromatic carbocycles. The number of nitrogens with one attached hydrogen (secondary N) is 1. The zero-order valence-electron chi connectivity index (χ0n) is 30.2. The number of halogens is 3. The quantitative estimate of drug-likeness (QED) is 0.131. The van der Waals surface area contributed by atoms with E-state index in [9.17, 15) is 33.0 Å². The number of nitrogens with zero attached hydrogens (tertiary/aromatic N) is 5. The molecule has 2 aliphatic heterocycles. The summed E-state index contributed by atoms with van der Waals surface area (Å²) in [4.78, 5) is 25.4. The minimum atomic E-state index is -5.04. The van der Waals surface area contributed by atoms with E-state index in [1.807, 2.05) is 72.8 Å². The van der Waals surface area contributed by atoms with Crippen LogP contribution in [0.15, 0.2) is 102 Å². The average Bonchev–Trinajstić information content (AvgIpc) is 3.90. The minimum Gasteiger partial charge on any atom is -0.508 e. The molecule has 3 N–H and O–H groups in total. The van der Waals surface area contributed by atoms with Crippen molar-refractivity contribution in [3.63, 3.8) is 0 Å². The summed E-state index contributed by atoms with van der Waals surface area (Å²) in [6.45, 7) is 1.93. The van der Waals surface area contributed by atoms with Crippen LogP contribution in [0.4, 0.5) is 13.2 Å². The van der Waals surface area contributed by atoms with Gasteiger partial charge in [0.2, 0.25) is 11.1 Å². The Balaban J connectivity index is 1.08. The molecule has 0 aliphatic carbocycles. The van der Waals surface area contributed by atoms with Crippen molar-refractivity contribution in [3.05, 3.63) is 119 Å². The van der Waals surface area contributed by atoms with Crippen LogP contribution in [0.25, 0.3) is 16.8 Å². The van der Waals surface area contributed by atoms with E-state index in [1.165, 1.54) is 11.8 Å². The van der Waals surface area contributed by atoms with Gasteiger partial charge in [0.25, 0.3) is 0 Å². The van der Waals surface area contributed by atoms with Gasteiger partial charge in [-0.1, -0.05) is 79.3 Å². The number of alkyl halides is 3. The van der Waals surface area contributed by atoms with E-state index in [4.69, 9.17) is 9.47 Å². The first-order chi connectivity index (χ1) is 27.0. The van der Waals surface area contributed by atoms with Crippen LogP contribution >= 0.6 is 11.8 Å². The van der Waals surface area contributed by atoms with Gasteiger partial charge >= 0.3 is 12.1 Å². The van der Waals surface area contributed by atoms with E-state index < -0.39 is 30.3 Å². The maximum Gasteiger partial charge on any atom is 0.471 e. The van der Waals surface area contributed by atoms with E-state index in [-0.39, 0.29) is 50.0 Å². The molecule has 5 unspecified atom stereocenters. The maximum atomic E-state index is 13.1. The molecule has 2 amide bonds. The van der Waals surface area contributed by atoms with Gasteiger partial charge in [-0.25, -0.2) is 0 Å². The number of aliphatic hydroxyl groups excluding tert-OH is 1. The number of rotatable bonds is 11. The predicted molar refractivity (Wildman–Crippen MR) is 199 cm³/mol. The third-order valence-corrected chi connectivity index (χ3v) is 11.0. The second-order valence-electron chi connectivity index (χ2n) is 13.7. The highest BCUT2D eigenvalue weighted by molar-refractivity contribution is 7.99. The Morgan fingerprint density at radius 2 is 1.66 bits per heavy atom. The summed E-state index contributed by atoms with van der Waals surface area (Å²) >= 11 is 1.43. The molecular formula is C40H39F3N6O6S. The molecule has 0 saturated carbocycles. The van der Waals surface area contributed by atoms with Crippen molar-refractivity contribution in [2.45, 2.75) is 68.8 Å². The van der Waals surface area contributed by atoms with E-state index in [0.717, 1.165) is 33.4 Å². The van der Waals surface area contributed by atoms with Gasteiger partial charge < -0.3 is 29.9 Å². The van der Waals surface area contributed by atoms with Crippen molar-refractivity contribution in [2.75, 3.05) is 12.3 Å². The van der Waals surface area contributed by atoms with Crippen molar-refractivity contribution < 1.29 is 42.4 Å². The van der Waals surface area contributed by atoms with Crippen LogP contribution in [0.2, 0.25) is 0 Å². The molecule has 2 fully saturated rings. The Morgan fingerprint density at radius 3 is 2.39 bits per heavy atom. The molecule has 1 aromatic heterocycles. The van der Waals surface area contributed by atoms with E-state index in [1.54, 1.807) is 28.9 Å². The number of phenolic OH excluding ortho intramolecular Hbond substituents is 1. The van der Waals surface area contributed by atoms with Crippen molar-refractivity contribution in [1.82, 2.24) is 30.4 Å². The van der Waals surface area contributed by atoms with Crippen LogP contribution in [0.1, 0.15) is 54.4 Å². The molecule has 7 rings (SSSR count). The van der Waals surface area contributed by atoms with Crippen LogP contribution < -0.4 is 5.32 Å². The summed E-state index contributed by atoms with van der Waals surface area (Å²) < 4.78 is 54.3. The lowest BCUT2D eigenvalue weighted by molar-refractivity contribution is -0.268. The Morgan fingerprint density at radius 1 is 0.929 bits per heavy atom. The number of carbonyl (C=O) groups excluding carboxylic acids is 2. The lowest BCUT2D eigenvalue weighted by Gasteiger charge is -2.41. The number of tetrazole rings is 1. The molecular weight excluding hydrogens is 750 g/mol. The fraction of sp³-hybridized carbons (Fsp3) is 0.325. The number of likely N-dealkylation sites (tertiary alicyclic amines) is 1. The first-order valence-electron chi connectivity index (χ1n) is 18.0. The van der Waals surface area contributed by atoms with Crippen molar-refractivity contribution in [1.29, 1.82) is 0 Å². The van der Waals surface area contributed by atoms with E-state index in [0.29, 0.717) is 27.9 Å². The Labute approximate surface area is 324 Å². The van der Waals surface area contributed by atoms with E-state index in [2.05, 4.69) is 27.8 Å². The number of aliphatic hydroxyl groups is 1. The highest BCUT2D eigenvalue weighted by Gasteiger charge is 2.47. The third kappa shape index (κ3) is 8.73. The summed E-state index contributed by atoms with van der Waals surface area (Å²) in [7, 11) is 0. The van der Waals surface area contributed by atoms with Crippen LogP contribution in [0.5, 0.6) is 5.75 Å². The van der Waals surface area contributed by atoms with Gasteiger partial charge in [-0.2, -0.15) is 17.9 Å². The number of carbonyl (C=O) groups is 2. The van der Waals surface area contributed by atoms with Crippen LogP contribution in [-0.2, 0) is 32.2 Å². The highest BCUT2D eigenvalue weighted by Crippen LogP contribution is 2.43. The molecule has 0 bridgehead atoms. The van der Waals surface area contributed by atoms with Crippen LogP contribution in [0.3, 0.4) is 0 Å². The molecule has 3 heterocycles. The molecule has 56 heavy (non-hydrogen) atoms. The number of thioether (sulfide) groups is 1.